The van der Waals surface area contributed by atoms with Crippen molar-refractivity contribution in [1.29, 1.82) is 0 Å². The zero-order valence-corrected chi connectivity index (χ0v) is 13.9. The maximum absolute atomic E-state index is 5.70. The summed E-state index contributed by atoms with van der Waals surface area (Å²) < 4.78 is 6.66. The number of nitrogens with zero attached hydrogens (tertiary/aromatic N) is 2. The van der Waals surface area contributed by atoms with E-state index in [1.165, 1.54) is 11.1 Å². The molecule has 0 fully saturated rings. The predicted molar refractivity (Wildman–Crippen MR) is 85.9 cm³/mol. The molecule has 0 aliphatic carbocycles. The lowest BCUT2D eigenvalue weighted by Gasteiger charge is -2.30. The summed E-state index contributed by atoms with van der Waals surface area (Å²) in [5.41, 5.74) is 2.81. The fourth-order valence-electron chi connectivity index (χ4n) is 2.11. The molecule has 0 aliphatic rings. The van der Waals surface area contributed by atoms with Gasteiger partial charge in [0.25, 0.3) is 0 Å². The number of ether oxygens (including phenoxy) is 1. The fourth-order valence-corrected chi connectivity index (χ4v) is 2.11. The standard InChI is InChI=1S/C17H31N2O/c1-6-16-7-9-17(10-8-16)15-19(4,5)12-14-20-13-11-18(2)3/h7-10H,6,11-15H2,1-5H3/q+1. The highest BCUT2D eigenvalue weighted by molar-refractivity contribution is 5.21. The Balaban J connectivity index is 2.32. The highest BCUT2D eigenvalue weighted by Gasteiger charge is 2.15. The molecule has 0 aliphatic heterocycles. The van der Waals surface area contributed by atoms with E-state index in [1.54, 1.807) is 0 Å². The van der Waals surface area contributed by atoms with Crippen LogP contribution in [0.25, 0.3) is 0 Å². The summed E-state index contributed by atoms with van der Waals surface area (Å²) in [4.78, 5) is 2.15. The number of hydrogen-bond donors (Lipinski definition) is 0. The molecule has 0 radical (unpaired) electrons. The third kappa shape index (κ3) is 7.04. The van der Waals surface area contributed by atoms with Crippen LogP contribution in [0.3, 0.4) is 0 Å². The molecule has 1 rings (SSSR count). The van der Waals surface area contributed by atoms with Gasteiger partial charge in [-0.25, -0.2) is 0 Å². The molecule has 0 unspecified atom stereocenters. The Hall–Kier alpha value is -0.900. The van der Waals surface area contributed by atoms with Crippen molar-refractivity contribution in [2.24, 2.45) is 0 Å². The van der Waals surface area contributed by atoms with Gasteiger partial charge in [0.1, 0.15) is 13.1 Å². The second kappa shape index (κ2) is 8.40. The van der Waals surface area contributed by atoms with Crippen LogP contribution in [-0.4, -0.2) is 63.9 Å². The number of aryl methyl sites for hydroxylation is 1. The van der Waals surface area contributed by atoms with Gasteiger partial charge in [0.2, 0.25) is 0 Å². The van der Waals surface area contributed by atoms with Gasteiger partial charge in [0, 0.05) is 12.1 Å². The van der Waals surface area contributed by atoms with E-state index in [0.29, 0.717) is 0 Å². The summed E-state index contributed by atoms with van der Waals surface area (Å²) in [6.07, 6.45) is 1.11. The van der Waals surface area contributed by atoms with E-state index in [9.17, 15) is 0 Å². The first-order valence-electron chi connectivity index (χ1n) is 7.55. The molecule has 3 nitrogen and oxygen atoms in total. The highest BCUT2D eigenvalue weighted by Crippen LogP contribution is 2.11. The van der Waals surface area contributed by atoms with Crippen molar-refractivity contribution in [3.63, 3.8) is 0 Å². The molecule has 1 aromatic carbocycles. The molecule has 0 bridgehead atoms. The van der Waals surface area contributed by atoms with Crippen LogP contribution in [0, 0.1) is 0 Å². The van der Waals surface area contributed by atoms with Crippen LogP contribution in [0.5, 0.6) is 0 Å². The van der Waals surface area contributed by atoms with E-state index >= 15 is 0 Å². The Bertz CT molecular complexity index is 371. The minimum Gasteiger partial charge on any atom is -0.374 e. The zero-order chi connectivity index (χ0) is 15.0. The highest BCUT2D eigenvalue weighted by atomic mass is 16.5. The smallest absolute Gasteiger partial charge is 0.104 e. The van der Waals surface area contributed by atoms with Crippen LogP contribution in [0.15, 0.2) is 24.3 Å². The molecule has 0 saturated carbocycles. The lowest BCUT2D eigenvalue weighted by Crippen LogP contribution is -2.41. The zero-order valence-electron chi connectivity index (χ0n) is 13.9. The molecule has 0 N–H and O–H groups in total. The Morgan fingerprint density at radius 3 is 2.15 bits per heavy atom. The van der Waals surface area contributed by atoms with Gasteiger partial charge in [-0.15, -0.1) is 0 Å². The topological polar surface area (TPSA) is 12.5 Å². The molecule has 114 valence electrons. The van der Waals surface area contributed by atoms with Crippen molar-refractivity contribution < 1.29 is 9.22 Å². The van der Waals surface area contributed by atoms with Gasteiger partial charge in [-0.3, -0.25) is 0 Å². The lowest BCUT2D eigenvalue weighted by atomic mass is 10.1. The summed E-state index contributed by atoms with van der Waals surface area (Å²) >= 11 is 0. The van der Waals surface area contributed by atoms with Gasteiger partial charge < -0.3 is 14.1 Å². The van der Waals surface area contributed by atoms with E-state index in [0.717, 1.165) is 43.8 Å². The molecule has 3 heteroatoms. The molecule has 0 spiro atoms. The summed E-state index contributed by atoms with van der Waals surface area (Å²) in [6.45, 7) is 6.93. The molecule has 0 amide bonds. The average molecular weight is 279 g/mol. The first kappa shape index (κ1) is 17.2. The third-order valence-electron chi connectivity index (χ3n) is 3.57. The molecular weight excluding hydrogens is 248 g/mol. The number of benzene rings is 1. The van der Waals surface area contributed by atoms with Gasteiger partial charge in [-0.1, -0.05) is 31.2 Å². The van der Waals surface area contributed by atoms with E-state index < -0.39 is 0 Å². The van der Waals surface area contributed by atoms with Gasteiger partial charge in [0.15, 0.2) is 0 Å². The molecule has 0 heterocycles. The minimum atomic E-state index is 0.818. The van der Waals surface area contributed by atoms with Crippen molar-refractivity contribution in [2.75, 3.05) is 54.5 Å². The Kier molecular flexibility index (Phi) is 7.20. The minimum absolute atomic E-state index is 0.818. The summed E-state index contributed by atoms with van der Waals surface area (Å²) in [6, 6.07) is 8.99. The van der Waals surface area contributed by atoms with Crippen molar-refractivity contribution in [3.8, 4) is 0 Å². The van der Waals surface area contributed by atoms with Gasteiger partial charge in [-0.05, 0) is 26.1 Å². The van der Waals surface area contributed by atoms with Crippen molar-refractivity contribution >= 4 is 0 Å². The fraction of sp³-hybridized carbons (Fsp3) is 0.647. The van der Waals surface area contributed by atoms with E-state index in [2.05, 4.69) is 64.3 Å². The molecule has 20 heavy (non-hydrogen) atoms. The van der Waals surface area contributed by atoms with Crippen LogP contribution in [0.4, 0.5) is 0 Å². The first-order chi connectivity index (χ1) is 9.43. The number of quaternary nitrogens is 1. The van der Waals surface area contributed by atoms with Crippen LogP contribution in [0.2, 0.25) is 0 Å². The van der Waals surface area contributed by atoms with Crippen molar-refractivity contribution in [1.82, 2.24) is 4.90 Å². The average Bonchev–Trinajstić information content (AvgIpc) is 2.38. The Morgan fingerprint density at radius 2 is 1.60 bits per heavy atom. The monoisotopic (exact) mass is 279 g/mol. The van der Waals surface area contributed by atoms with Crippen LogP contribution in [-0.2, 0) is 17.7 Å². The molecule has 1 aromatic rings. The predicted octanol–water partition coefficient (Wildman–Crippen LogP) is 2.40. The van der Waals surface area contributed by atoms with Crippen LogP contribution in [0.1, 0.15) is 18.1 Å². The van der Waals surface area contributed by atoms with E-state index in [4.69, 9.17) is 4.74 Å². The lowest BCUT2D eigenvalue weighted by molar-refractivity contribution is -0.904. The third-order valence-corrected chi connectivity index (χ3v) is 3.57. The molecular formula is C17H31N2O+. The SMILES string of the molecule is CCc1ccc(C[N+](C)(C)CCOCCN(C)C)cc1. The van der Waals surface area contributed by atoms with E-state index in [1.807, 2.05) is 0 Å². The summed E-state index contributed by atoms with van der Waals surface area (Å²) in [5.74, 6) is 0. The van der Waals surface area contributed by atoms with Gasteiger partial charge >= 0.3 is 0 Å². The largest absolute Gasteiger partial charge is 0.374 e. The second-order valence-corrected chi connectivity index (χ2v) is 6.40. The second-order valence-electron chi connectivity index (χ2n) is 6.40. The van der Waals surface area contributed by atoms with E-state index in [-0.39, 0.29) is 0 Å². The number of hydrogen-bond acceptors (Lipinski definition) is 2. The maximum atomic E-state index is 5.70. The van der Waals surface area contributed by atoms with Crippen LogP contribution < -0.4 is 0 Å². The normalized spacial score (nSPS) is 12.1. The Morgan fingerprint density at radius 1 is 1.00 bits per heavy atom. The molecule has 0 saturated heterocycles. The quantitative estimate of drug-likeness (QED) is 0.508. The van der Waals surface area contributed by atoms with Gasteiger partial charge in [0.05, 0.1) is 27.3 Å². The Labute approximate surface area is 124 Å². The number of likely N-dealkylation sites (N-methyl/N-ethyl adjacent to an activating group) is 2. The first-order valence-corrected chi connectivity index (χ1v) is 7.55. The molecule has 0 aromatic heterocycles. The van der Waals surface area contributed by atoms with Crippen molar-refractivity contribution in [2.45, 2.75) is 19.9 Å². The maximum Gasteiger partial charge on any atom is 0.104 e. The van der Waals surface area contributed by atoms with Crippen molar-refractivity contribution in [3.05, 3.63) is 35.4 Å². The van der Waals surface area contributed by atoms with Gasteiger partial charge in [-0.2, -0.15) is 0 Å². The number of rotatable bonds is 9. The molecule has 0 atom stereocenters. The van der Waals surface area contributed by atoms with Crippen LogP contribution >= 0.6 is 0 Å². The summed E-state index contributed by atoms with van der Waals surface area (Å²) in [7, 11) is 8.68. The summed E-state index contributed by atoms with van der Waals surface area (Å²) in [5, 5.41) is 0.